The molecule has 1 aromatic heterocycles. The van der Waals surface area contributed by atoms with Crippen molar-refractivity contribution >= 4 is 42.8 Å². The van der Waals surface area contributed by atoms with Crippen LogP contribution in [0.1, 0.15) is 36.1 Å². The highest BCUT2D eigenvalue weighted by Gasteiger charge is 2.32. The number of nitrogens with zero attached hydrogens (tertiary/aromatic N) is 1. The Balaban J connectivity index is 1.32. The van der Waals surface area contributed by atoms with Crippen LogP contribution in [-0.2, 0) is 25.9 Å². The van der Waals surface area contributed by atoms with E-state index in [4.69, 9.17) is 19.3 Å². The number of alkyl halides is 3. The highest BCUT2D eigenvalue weighted by molar-refractivity contribution is 7.89. The number of morpholine rings is 1. The van der Waals surface area contributed by atoms with Gasteiger partial charge in [-0.2, -0.15) is 13.2 Å². The van der Waals surface area contributed by atoms with Crippen LogP contribution in [0.3, 0.4) is 0 Å². The molecule has 5 rings (SSSR count). The Labute approximate surface area is 271 Å². The van der Waals surface area contributed by atoms with Gasteiger partial charge in [0.15, 0.2) is 0 Å². The second-order valence-electron chi connectivity index (χ2n) is 11.4. The minimum Gasteiger partial charge on any atom is -0.489 e. The van der Waals surface area contributed by atoms with E-state index in [-0.39, 0.29) is 42.0 Å². The number of benzene rings is 2. The Hall–Kier alpha value is -3.06. The molecule has 0 radical (unpaired) electrons. The third-order valence-corrected chi connectivity index (χ3v) is 10.3. The van der Waals surface area contributed by atoms with Crippen molar-refractivity contribution < 1.29 is 35.8 Å². The zero-order valence-corrected chi connectivity index (χ0v) is 27.3. The third-order valence-electron chi connectivity index (χ3n) is 8.21. The minimum absolute atomic E-state index is 0.0759. The van der Waals surface area contributed by atoms with E-state index in [9.17, 15) is 21.6 Å². The average molecular weight is 681 g/mol. The summed E-state index contributed by atoms with van der Waals surface area (Å²) in [4.78, 5) is 2.76. The summed E-state index contributed by atoms with van der Waals surface area (Å²) in [6, 6.07) is 10.4. The van der Waals surface area contributed by atoms with E-state index in [0.29, 0.717) is 22.0 Å². The fraction of sp³-hybridized carbons (Fsp3) is 0.500. The lowest BCUT2D eigenvalue weighted by molar-refractivity contribution is -0.126. The highest BCUT2D eigenvalue weighted by Crippen LogP contribution is 2.40. The van der Waals surface area contributed by atoms with Crippen molar-refractivity contribution in [3.05, 3.63) is 46.8 Å². The number of anilines is 2. The molecule has 1 aliphatic heterocycles. The molecular formula is C32H39F3N4O5S2. The van der Waals surface area contributed by atoms with Gasteiger partial charge in [-0.05, 0) is 54.8 Å². The van der Waals surface area contributed by atoms with Gasteiger partial charge in [0.1, 0.15) is 12.4 Å². The van der Waals surface area contributed by atoms with E-state index < -0.39 is 22.6 Å². The first kappa shape index (κ1) is 34.3. The Morgan fingerprint density at radius 3 is 2.54 bits per heavy atom. The molecule has 0 spiro atoms. The number of methoxy groups -OCH3 is 1. The predicted octanol–water partition coefficient (Wildman–Crippen LogP) is 5.20. The van der Waals surface area contributed by atoms with Crippen LogP contribution in [0.2, 0.25) is 0 Å². The molecule has 0 amide bonds. The molecular weight excluding hydrogens is 642 g/mol. The molecule has 1 saturated carbocycles. The van der Waals surface area contributed by atoms with E-state index in [1.807, 2.05) is 6.07 Å². The number of thiophene rings is 1. The Kier molecular flexibility index (Phi) is 11.3. The van der Waals surface area contributed by atoms with Gasteiger partial charge in [0.05, 0.1) is 58.6 Å². The molecule has 3 aromatic rings. The number of hydrogen-bond acceptors (Lipinski definition) is 9. The molecule has 1 aliphatic carbocycles. The third kappa shape index (κ3) is 9.05. The Morgan fingerprint density at radius 2 is 1.85 bits per heavy atom. The number of rotatable bonds is 11. The number of hydrogen-bond donors (Lipinski definition) is 3. The molecule has 9 nitrogen and oxygen atoms in total. The lowest BCUT2D eigenvalue weighted by atomic mass is 9.89. The van der Waals surface area contributed by atoms with E-state index in [1.165, 1.54) is 36.6 Å². The summed E-state index contributed by atoms with van der Waals surface area (Å²) < 4.78 is 81.8. The van der Waals surface area contributed by atoms with Crippen molar-refractivity contribution in [2.75, 3.05) is 63.8 Å². The van der Waals surface area contributed by atoms with E-state index in [0.717, 1.165) is 62.4 Å². The first-order chi connectivity index (χ1) is 22.0. The first-order valence-electron chi connectivity index (χ1n) is 15.2. The average Bonchev–Trinajstić information content (AvgIpc) is 3.36. The van der Waals surface area contributed by atoms with Crippen molar-refractivity contribution in [2.24, 2.45) is 5.14 Å². The number of fused-ring (bicyclic) bond motifs is 1. The molecule has 1 saturated heterocycles. The molecule has 4 N–H and O–H groups in total. The molecule has 250 valence electrons. The van der Waals surface area contributed by atoms with Crippen LogP contribution in [0.15, 0.2) is 41.3 Å². The zero-order valence-electron chi connectivity index (χ0n) is 25.6. The topological polar surface area (TPSA) is 115 Å². The van der Waals surface area contributed by atoms with Gasteiger partial charge in [0.25, 0.3) is 0 Å². The van der Waals surface area contributed by atoms with Crippen molar-refractivity contribution in [1.82, 2.24) is 4.90 Å². The summed E-state index contributed by atoms with van der Waals surface area (Å²) in [5.41, 5.74) is 1.46. The highest BCUT2D eigenvalue weighted by atomic mass is 32.2. The van der Waals surface area contributed by atoms with Gasteiger partial charge in [0.2, 0.25) is 10.0 Å². The maximum atomic E-state index is 13.7. The van der Waals surface area contributed by atoms with Gasteiger partial charge >= 0.3 is 6.18 Å². The van der Waals surface area contributed by atoms with Crippen LogP contribution < -0.4 is 20.5 Å². The predicted molar refractivity (Wildman–Crippen MR) is 174 cm³/mol. The van der Waals surface area contributed by atoms with Crippen molar-refractivity contribution in [3.8, 4) is 17.6 Å². The quantitative estimate of drug-likeness (QED) is 0.187. The summed E-state index contributed by atoms with van der Waals surface area (Å²) in [6.07, 6.45) is -1.34. The number of ether oxygens (including phenoxy) is 3. The SMILES string of the molecule is COCCOc1cc(S(N)(=O)=O)ccc1NCC#Cc1sc2c(NC3CCC(N4CCOCC4)CC3)cccc2c1CC(F)(F)F. The van der Waals surface area contributed by atoms with Crippen LogP contribution in [0.5, 0.6) is 5.75 Å². The Morgan fingerprint density at radius 1 is 1.09 bits per heavy atom. The molecule has 0 bridgehead atoms. The summed E-state index contributed by atoms with van der Waals surface area (Å²) in [7, 11) is -2.45. The fourth-order valence-corrected chi connectivity index (χ4v) is 7.65. The fourth-order valence-electron chi connectivity index (χ4n) is 5.95. The van der Waals surface area contributed by atoms with Crippen LogP contribution in [-0.4, -0.2) is 84.7 Å². The van der Waals surface area contributed by atoms with Crippen molar-refractivity contribution in [2.45, 2.75) is 55.3 Å². The largest absolute Gasteiger partial charge is 0.489 e. The first-order valence-corrected chi connectivity index (χ1v) is 17.6. The molecule has 46 heavy (non-hydrogen) atoms. The second-order valence-corrected chi connectivity index (χ2v) is 14.0. The number of sulfonamides is 1. The van der Waals surface area contributed by atoms with Crippen molar-refractivity contribution in [1.29, 1.82) is 0 Å². The monoisotopic (exact) mass is 680 g/mol. The molecule has 2 aliphatic rings. The van der Waals surface area contributed by atoms with Gasteiger partial charge in [0, 0.05) is 38.3 Å². The minimum atomic E-state index is -4.40. The molecule has 2 heterocycles. The van der Waals surface area contributed by atoms with Crippen LogP contribution in [0.4, 0.5) is 24.5 Å². The summed E-state index contributed by atoms with van der Waals surface area (Å²) >= 11 is 1.27. The van der Waals surface area contributed by atoms with Crippen LogP contribution in [0.25, 0.3) is 10.1 Å². The van der Waals surface area contributed by atoms with Gasteiger partial charge in [-0.25, -0.2) is 13.6 Å². The van der Waals surface area contributed by atoms with Crippen molar-refractivity contribution in [3.63, 3.8) is 0 Å². The smallest absolute Gasteiger partial charge is 0.393 e. The molecule has 2 aromatic carbocycles. The number of nitrogens with two attached hydrogens (primary N) is 1. The molecule has 0 atom stereocenters. The number of primary sulfonamides is 1. The summed E-state index contributed by atoms with van der Waals surface area (Å²) in [5.74, 6) is 6.14. The van der Waals surface area contributed by atoms with E-state index in [2.05, 4.69) is 27.4 Å². The van der Waals surface area contributed by atoms with Crippen LogP contribution >= 0.6 is 11.3 Å². The zero-order chi connectivity index (χ0) is 32.7. The van der Waals surface area contributed by atoms with E-state index in [1.54, 1.807) is 12.1 Å². The Bertz CT molecular complexity index is 1660. The molecule has 2 fully saturated rings. The lowest BCUT2D eigenvalue weighted by Crippen LogP contribution is -2.46. The normalized spacial score (nSPS) is 19.4. The number of nitrogens with one attached hydrogen (secondary N) is 2. The summed E-state index contributed by atoms with van der Waals surface area (Å²) in [5, 5.41) is 12.5. The van der Waals surface area contributed by atoms with Gasteiger partial charge in [-0.3, -0.25) is 4.90 Å². The molecule has 14 heteroatoms. The van der Waals surface area contributed by atoms with Gasteiger partial charge in [-0.15, -0.1) is 11.3 Å². The van der Waals surface area contributed by atoms with Gasteiger partial charge in [-0.1, -0.05) is 24.0 Å². The maximum absolute atomic E-state index is 13.7. The maximum Gasteiger partial charge on any atom is 0.393 e. The second kappa shape index (κ2) is 15.2. The van der Waals surface area contributed by atoms with Gasteiger partial charge < -0.3 is 24.8 Å². The summed E-state index contributed by atoms with van der Waals surface area (Å²) in [6.45, 7) is 4.00. The van der Waals surface area contributed by atoms with Crippen LogP contribution in [0, 0.1) is 11.8 Å². The standard InChI is InChI=1S/C32H39F3N4O5S2/c1-42-18-19-44-29-20-24(46(36,40)41)11-12-27(29)37-13-3-6-30-26(21-32(33,34)35)25-4-2-5-28(31(25)45-30)38-22-7-9-23(10-8-22)39-14-16-43-17-15-39/h2,4-5,11-12,20,22-23,37-38H,7-10,13-19,21H2,1H3,(H2,36,40,41). The van der Waals surface area contributed by atoms with E-state index >= 15 is 0 Å². The number of halogens is 3. The molecule has 0 unspecified atom stereocenters. The lowest BCUT2D eigenvalue weighted by Gasteiger charge is -2.39.